The molecule has 2 amide bonds. The number of rotatable bonds is 8. The number of methoxy groups -OCH3 is 1. The van der Waals surface area contributed by atoms with Crippen molar-refractivity contribution in [3.8, 4) is 11.5 Å². The minimum atomic E-state index is -0.142. The van der Waals surface area contributed by atoms with E-state index in [1.165, 1.54) is 0 Å². The first-order valence-electron chi connectivity index (χ1n) is 9.09. The molecule has 2 rings (SSSR count). The number of carbonyl (C=O) groups excluding carboxylic acids is 2. The standard InChI is InChI=1S/C20H28N2O4/c1-4-10-21-19(23)16-7-6-11-22(14-16)20(24)15-8-9-17(26-12-5-2)18(13-15)25-3/h5,8-9,13,16H,2,4,6-7,10-12,14H2,1,3H3,(H,21,23). The van der Waals surface area contributed by atoms with Crippen LogP contribution in [-0.2, 0) is 4.79 Å². The first-order chi connectivity index (χ1) is 12.6. The molecule has 6 heteroatoms. The average molecular weight is 360 g/mol. The van der Waals surface area contributed by atoms with Crippen molar-refractivity contribution in [3.05, 3.63) is 36.4 Å². The summed E-state index contributed by atoms with van der Waals surface area (Å²) in [6.07, 6.45) is 4.20. The van der Waals surface area contributed by atoms with E-state index in [1.54, 1.807) is 36.3 Å². The lowest BCUT2D eigenvalue weighted by atomic mass is 9.96. The molecule has 1 atom stereocenters. The van der Waals surface area contributed by atoms with Crippen LogP contribution in [0.25, 0.3) is 0 Å². The van der Waals surface area contributed by atoms with Crippen molar-refractivity contribution in [1.29, 1.82) is 0 Å². The molecule has 0 aromatic heterocycles. The summed E-state index contributed by atoms with van der Waals surface area (Å²) < 4.78 is 10.9. The fourth-order valence-corrected chi connectivity index (χ4v) is 3.02. The van der Waals surface area contributed by atoms with Crippen LogP contribution in [0.1, 0.15) is 36.5 Å². The summed E-state index contributed by atoms with van der Waals surface area (Å²) in [6.45, 7) is 7.79. The first kappa shape index (κ1) is 19.8. The number of nitrogens with zero attached hydrogens (tertiary/aromatic N) is 1. The van der Waals surface area contributed by atoms with Gasteiger partial charge in [-0.25, -0.2) is 0 Å². The van der Waals surface area contributed by atoms with Crippen molar-refractivity contribution in [2.24, 2.45) is 5.92 Å². The third-order valence-electron chi connectivity index (χ3n) is 4.40. The maximum absolute atomic E-state index is 12.9. The molecule has 0 bridgehead atoms. The van der Waals surface area contributed by atoms with Crippen LogP contribution in [0.4, 0.5) is 0 Å². The van der Waals surface area contributed by atoms with Gasteiger partial charge in [-0.2, -0.15) is 0 Å². The highest BCUT2D eigenvalue weighted by Crippen LogP contribution is 2.29. The Morgan fingerprint density at radius 1 is 1.38 bits per heavy atom. The summed E-state index contributed by atoms with van der Waals surface area (Å²) in [5.74, 6) is 0.879. The zero-order valence-corrected chi connectivity index (χ0v) is 15.6. The normalized spacial score (nSPS) is 16.7. The lowest BCUT2D eigenvalue weighted by Crippen LogP contribution is -2.45. The van der Waals surface area contributed by atoms with E-state index in [4.69, 9.17) is 9.47 Å². The molecule has 1 aliphatic rings. The number of ether oxygens (including phenoxy) is 2. The number of amides is 2. The van der Waals surface area contributed by atoms with E-state index in [-0.39, 0.29) is 17.7 Å². The van der Waals surface area contributed by atoms with Crippen LogP contribution < -0.4 is 14.8 Å². The highest BCUT2D eigenvalue weighted by atomic mass is 16.5. The number of likely N-dealkylation sites (tertiary alicyclic amines) is 1. The van der Waals surface area contributed by atoms with Gasteiger partial charge in [0.15, 0.2) is 11.5 Å². The Bertz CT molecular complexity index is 645. The van der Waals surface area contributed by atoms with E-state index in [1.807, 2.05) is 6.92 Å². The van der Waals surface area contributed by atoms with Crippen molar-refractivity contribution in [1.82, 2.24) is 10.2 Å². The van der Waals surface area contributed by atoms with E-state index in [9.17, 15) is 9.59 Å². The lowest BCUT2D eigenvalue weighted by molar-refractivity contribution is -0.126. The monoisotopic (exact) mass is 360 g/mol. The Morgan fingerprint density at radius 3 is 2.88 bits per heavy atom. The fourth-order valence-electron chi connectivity index (χ4n) is 3.02. The molecule has 1 heterocycles. The number of benzene rings is 1. The highest BCUT2D eigenvalue weighted by Gasteiger charge is 2.29. The van der Waals surface area contributed by atoms with E-state index in [0.29, 0.717) is 43.3 Å². The molecule has 6 nitrogen and oxygen atoms in total. The van der Waals surface area contributed by atoms with Gasteiger partial charge in [0.25, 0.3) is 5.91 Å². The maximum atomic E-state index is 12.9. The molecule has 0 spiro atoms. The van der Waals surface area contributed by atoms with Crippen LogP contribution in [0.5, 0.6) is 11.5 Å². The van der Waals surface area contributed by atoms with Crippen molar-refractivity contribution in [2.75, 3.05) is 33.4 Å². The third-order valence-corrected chi connectivity index (χ3v) is 4.40. The molecule has 0 radical (unpaired) electrons. The Labute approximate surface area is 155 Å². The number of carbonyl (C=O) groups is 2. The second-order valence-electron chi connectivity index (χ2n) is 6.35. The van der Waals surface area contributed by atoms with Crippen LogP contribution in [0.2, 0.25) is 0 Å². The van der Waals surface area contributed by atoms with Crippen molar-refractivity contribution < 1.29 is 19.1 Å². The number of hydrogen-bond donors (Lipinski definition) is 1. The van der Waals surface area contributed by atoms with E-state index < -0.39 is 0 Å². The van der Waals surface area contributed by atoms with E-state index in [2.05, 4.69) is 11.9 Å². The molecule has 142 valence electrons. The molecule has 1 saturated heterocycles. The Balaban J connectivity index is 2.07. The summed E-state index contributed by atoms with van der Waals surface area (Å²) in [5.41, 5.74) is 0.530. The zero-order chi connectivity index (χ0) is 18.9. The molecule has 1 aromatic rings. The van der Waals surface area contributed by atoms with Crippen LogP contribution in [0.15, 0.2) is 30.9 Å². The van der Waals surface area contributed by atoms with E-state index >= 15 is 0 Å². The smallest absolute Gasteiger partial charge is 0.254 e. The molecular weight excluding hydrogens is 332 g/mol. The summed E-state index contributed by atoms with van der Waals surface area (Å²) >= 11 is 0. The van der Waals surface area contributed by atoms with E-state index in [0.717, 1.165) is 19.3 Å². The second kappa shape index (κ2) is 9.85. The van der Waals surface area contributed by atoms with Crippen LogP contribution >= 0.6 is 0 Å². The molecule has 0 saturated carbocycles. The quantitative estimate of drug-likeness (QED) is 0.724. The van der Waals surface area contributed by atoms with Gasteiger partial charge in [0.1, 0.15) is 6.61 Å². The van der Waals surface area contributed by atoms with Crippen LogP contribution in [0.3, 0.4) is 0 Å². The maximum Gasteiger partial charge on any atom is 0.254 e. The SMILES string of the molecule is C=CCOc1ccc(C(=O)N2CCCC(C(=O)NCCC)C2)cc1OC. The van der Waals surface area contributed by atoms with Gasteiger partial charge >= 0.3 is 0 Å². The summed E-state index contributed by atoms with van der Waals surface area (Å²) in [6, 6.07) is 5.14. The summed E-state index contributed by atoms with van der Waals surface area (Å²) in [4.78, 5) is 26.8. The van der Waals surface area contributed by atoms with Gasteiger partial charge in [0, 0.05) is 25.2 Å². The Morgan fingerprint density at radius 2 is 2.19 bits per heavy atom. The summed E-state index contributed by atoms with van der Waals surface area (Å²) in [7, 11) is 1.54. The number of piperidine rings is 1. The average Bonchev–Trinajstić information content (AvgIpc) is 2.69. The second-order valence-corrected chi connectivity index (χ2v) is 6.35. The van der Waals surface area contributed by atoms with Crippen LogP contribution in [-0.4, -0.2) is 50.1 Å². The van der Waals surface area contributed by atoms with Gasteiger partial charge in [-0.1, -0.05) is 19.6 Å². The van der Waals surface area contributed by atoms with Gasteiger partial charge in [-0.15, -0.1) is 0 Å². The van der Waals surface area contributed by atoms with Gasteiger partial charge in [-0.3, -0.25) is 9.59 Å². The van der Waals surface area contributed by atoms with Crippen molar-refractivity contribution in [2.45, 2.75) is 26.2 Å². The molecule has 1 aromatic carbocycles. The summed E-state index contributed by atoms with van der Waals surface area (Å²) in [5, 5.41) is 2.93. The molecule has 26 heavy (non-hydrogen) atoms. The van der Waals surface area contributed by atoms with Gasteiger partial charge in [0.05, 0.1) is 13.0 Å². The predicted octanol–water partition coefficient (Wildman–Crippen LogP) is 2.64. The first-order valence-corrected chi connectivity index (χ1v) is 9.09. The van der Waals surface area contributed by atoms with Gasteiger partial charge < -0.3 is 19.7 Å². The third kappa shape index (κ3) is 5.00. The predicted molar refractivity (Wildman–Crippen MR) is 101 cm³/mol. The molecule has 1 fully saturated rings. The zero-order valence-electron chi connectivity index (χ0n) is 15.6. The van der Waals surface area contributed by atoms with Gasteiger partial charge in [-0.05, 0) is 37.5 Å². The highest BCUT2D eigenvalue weighted by molar-refractivity contribution is 5.95. The topological polar surface area (TPSA) is 67.9 Å². The molecule has 0 aliphatic carbocycles. The number of nitrogens with one attached hydrogen (secondary N) is 1. The van der Waals surface area contributed by atoms with Crippen molar-refractivity contribution in [3.63, 3.8) is 0 Å². The van der Waals surface area contributed by atoms with Crippen LogP contribution in [0, 0.1) is 5.92 Å². The van der Waals surface area contributed by atoms with Gasteiger partial charge in [0.2, 0.25) is 5.91 Å². The number of hydrogen-bond acceptors (Lipinski definition) is 4. The minimum Gasteiger partial charge on any atom is -0.493 e. The Hall–Kier alpha value is -2.50. The van der Waals surface area contributed by atoms with Crippen molar-refractivity contribution >= 4 is 11.8 Å². The lowest BCUT2D eigenvalue weighted by Gasteiger charge is -2.32. The Kier molecular flexibility index (Phi) is 7.51. The minimum absolute atomic E-state index is 0.0371. The molecule has 1 N–H and O–H groups in total. The molecular formula is C20H28N2O4. The molecule has 1 unspecified atom stereocenters. The largest absolute Gasteiger partial charge is 0.493 e. The molecule has 1 aliphatic heterocycles. The fraction of sp³-hybridized carbons (Fsp3) is 0.500.